The van der Waals surface area contributed by atoms with Crippen LogP contribution in [0.2, 0.25) is 0 Å². The molecular formula is C19H14N6S. The lowest BCUT2D eigenvalue weighted by atomic mass is 10.1. The van der Waals surface area contributed by atoms with E-state index in [0.29, 0.717) is 6.42 Å². The van der Waals surface area contributed by atoms with Gasteiger partial charge in [-0.3, -0.25) is 4.98 Å². The van der Waals surface area contributed by atoms with Crippen LogP contribution >= 0.6 is 11.5 Å². The Kier molecular flexibility index (Phi) is 3.46. The Balaban J connectivity index is 1.55. The van der Waals surface area contributed by atoms with Crippen molar-refractivity contribution >= 4 is 28.1 Å². The number of pyridine rings is 1. The van der Waals surface area contributed by atoms with Crippen molar-refractivity contribution in [1.29, 1.82) is 0 Å². The second kappa shape index (κ2) is 5.96. The van der Waals surface area contributed by atoms with Gasteiger partial charge in [-0.05, 0) is 60.4 Å². The number of aryl methyl sites for hydroxylation is 1. The van der Waals surface area contributed by atoms with Gasteiger partial charge in [0.05, 0.1) is 16.1 Å². The standard InChI is InChI=1S/C19H14N6S/c1-12-9-17(26-24-12)16-6-7-18-21-22-19(25(18)23-16)11-13-4-5-15-14(10-13)3-2-8-20-15/h2-10H,11H2,1H3. The van der Waals surface area contributed by atoms with Gasteiger partial charge in [-0.2, -0.15) is 14.0 Å². The number of aromatic nitrogens is 6. The molecule has 0 fully saturated rings. The van der Waals surface area contributed by atoms with Crippen LogP contribution < -0.4 is 0 Å². The van der Waals surface area contributed by atoms with Crippen LogP contribution in [0.4, 0.5) is 0 Å². The average molecular weight is 358 g/mol. The van der Waals surface area contributed by atoms with E-state index in [1.54, 1.807) is 6.20 Å². The molecule has 26 heavy (non-hydrogen) atoms. The van der Waals surface area contributed by atoms with Crippen LogP contribution in [0, 0.1) is 6.92 Å². The smallest absolute Gasteiger partial charge is 0.177 e. The van der Waals surface area contributed by atoms with E-state index < -0.39 is 0 Å². The summed E-state index contributed by atoms with van der Waals surface area (Å²) in [5, 5.41) is 14.4. The van der Waals surface area contributed by atoms with Gasteiger partial charge in [0.15, 0.2) is 11.5 Å². The first-order chi connectivity index (χ1) is 12.8. The summed E-state index contributed by atoms with van der Waals surface area (Å²) in [6, 6.07) is 16.2. The molecule has 0 aliphatic heterocycles. The highest BCUT2D eigenvalue weighted by Crippen LogP contribution is 2.23. The van der Waals surface area contributed by atoms with E-state index in [2.05, 4.69) is 37.8 Å². The monoisotopic (exact) mass is 358 g/mol. The number of benzene rings is 1. The summed E-state index contributed by atoms with van der Waals surface area (Å²) in [4.78, 5) is 5.41. The number of fused-ring (bicyclic) bond motifs is 2. The van der Waals surface area contributed by atoms with Crippen LogP contribution in [0.3, 0.4) is 0 Å². The van der Waals surface area contributed by atoms with Gasteiger partial charge in [0, 0.05) is 18.0 Å². The third-order valence-electron chi connectivity index (χ3n) is 4.24. The molecule has 0 aliphatic carbocycles. The minimum absolute atomic E-state index is 0.657. The van der Waals surface area contributed by atoms with E-state index in [1.165, 1.54) is 11.5 Å². The van der Waals surface area contributed by atoms with Crippen molar-refractivity contribution in [3.8, 4) is 10.6 Å². The Bertz CT molecular complexity index is 1240. The maximum atomic E-state index is 4.73. The van der Waals surface area contributed by atoms with E-state index >= 15 is 0 Å². The summed E-state index contributed by atoms with van der Waals surface area (Å²) >= 11 is 1.45. The molecule has 0 aliphatic rings. The van der Waals surface area contributed by atoms with Crippen LogP contribution in [-0.4, -0.2) is 29.2 Å². The van der Waals surface area contributed by atoms with Gasteiger partial charge < -0.3 is 0 Å². The van der Waals surface area contributed by atoms with Crippen molar-refractivity contribution in [2.75, 3.05) is 0 Å². The topological polar surface area (TPSA) is 68.9 Å². The fourth-order valence-corrected chi connectivity index (χ4v) is 3.70. The van der Waals surface area contributed by atoms with Gasteiger partial charge >= 0.3 is 0 Å². The van der Waals surface area contributed by atoms with Gasteiger partial charge in [0.2, 0.25) is 0 Å². The molecular weight excluding hydrogens is 344 g/mol. The number of hydrogen-bond acceptors (Lipinski definition) is 6. The lowest BCUT2D eigenvalue weighted by Gasteiger charge is -2.03. The Morgan fingerprint density at radius 1 is 1.04 bits per heavy atom. The van der Waals surface area contributed by atoms with Gasteiger partial charge in [-0.1, -0.05) is 12.1 Å². The first-order valence-electron chi connectivity index (χ1n) is 8.25. The maximum absolute atomic E-state index is 4.73. The Morgan fingerprint density at radius 3 is 2.88 bits per heavy atom. The Labute approximate surface area is 153 Å². The quantitative estimate of drug-likeness (QED) is 0.492. The molecule has 5 aromatic rings. The van der Waals surface area contributed by atoms with Crippen molar-refractivity contribution in [3.05, 3.63) is 71.8 Å². The summed E-state index contributed by atoms with van der Waals surface area (Å²) in [6.07, 6.45) is 2.46. The average Bonchev–Trinajstić information content (AvgIpc) is 3.28. The molecule has 5 rings (SSSR count). The number of rotatable bonds is 3. The molecule has 0 saturated heterocycles. The van der Waals surface area contributed by atoms with E-state index in [0.717, 1.165) is 44.2 Å². The molecule has 0 unspecified atom stereocenters. The van der Waals surface area contributed by atoms with E-state index in [4.69, 9.17) is 5.10 Å². The van der Waals surface area contributed by atoms with Crippen LogP contribution in [0.25, 0.3) is 27.1 Å². The lowest BCUT2D eigenvalue weighted by Crippen LogP contribution is -2.01. The molecule has 126 valence electrons. The van der Waals surface area contributed by atoms with Gasteiger partial charge in [-0.25, -0.2) is 0 Å². The molecule has 0 N–H and O–H groups in total. The molecule has 0 bridgehead atoms. The first kappa shape index (κ1) is 15.1. The van der Waals surface area contributed by atoms with Gasteiger partial charge in [0.25, 0.3) is 0 Å². The van der Waals surface area contributed by atoms with E-state index in [9.17, 15) is 0 Å². The van der Waals surface area contributed by atoms with E-state index in [1.807, 2.05) is 41.8 Å². The molecule has 4 heterocycles. The minimum atomic E-state index is 0.657. The summed E-state index contributed by atoms with van der Waals surface area (Å²) in [6.45, 7) is 1.98. The Morgan fingerprint density at radius 2 is 2.00 bits per heavy atom. The zero-order valence-corrected chi connectivity index (χ0v) is 14.8. The molecule has 0 atom stereocenters. The molecule has 7 heteroatoms. The van der Waals surface area contributed by atoms with Crippen molar-refractivity contribution < 1.29 is 0 Å². The first-order valence-corrected chi connectivity index (χ1v) is 9.02. The normalized spacial score (nSPS) is 11.4. The van der Waals surface area contributed by atoms with Gasteiger partial charge in [0.1, 0.15) is 5.69 Å². The molecule has 0 amide bonds. The van der Waals surface area contributed by atoms with Crippen molar-refractivity contribution in [2.24, 2.45) is 0 Å². The lowest BCUT2D eigenvalue weighted by molar-refractivity contribution is 0.843. The minimum Gasteiger partial charge on any atom is -0.256 e. The highest BCUT2D eigenvalue weighted by Gasteiger charge is 2.11. The van der Waals surface area contributed by atoms with Crippen molar-refractivity contribution in [1.82, 2.24) is 29.2 Å². The second-order valence-electron chi connectivity index (χ2n) is 6.14. The molecule has 0 spiro atoms. The van der Waals surface area contributed by atoms with Crippen LogP contribution in [0.5, 0.6) is 0 Å². The SMILES string of the molecule is Cc1cc(-c2ccc3nnc(Cc4ccc5ncccc5c4)n3n2)sn1. The second-order valence-corrected chi connectivity index (χ2v) is 6.95. The summed E-state index contributed by atoms with van der Waals surface area (Å²) in [7, 11) is 0. The zero-order chi connectivity index (χ0) is 17.5. The number of hydrogen-bond donors (Lipinski definition) is 0. The molecule has 0 saturated carbocycles. The third kappa shape index (κ3) is 2.62. The predicted molar refractivity (Wildman–Crippen MR) is 101 cm³/mol. The molecule has 4 aromatic heterocycles. The fourth-order valence-electron chi connectivity index (χ4n) is 2.98. The van der Waals surface area contributed by atoms with Gasteiger partial charge in [-0.15, -0.1) is 10.2 Å². The number of nitrogens with zero attached hydrogens (tertiary/aromatic N) is 6. The van der Waals surface area contributed by atoms with Crippen molar-refractivity contribution in [3.63, 3.8) is 0 Å². The maximum Gasteiger partial charge on any atom is 0.177 e. The van der Waals surface area contributed by atoms with Crippen LogP contribution in [0.15, 0.2) is 54.7 Å². The highest BCUT2D eigenvalue weighted by atomic mass is 32.1. The Hall–Kier alpha value is -3.19. The molecule has 0 radical (unpaired) electrons. The molecule has 6 nitrogen and oxygen atoms in total. The largest absolute Gasteiger partial charge is 0.256 e. The van der Waals surface area contributed by atoms with E-state index in [-0.39, 0.29) is 0 Å². The summed E-state index contributed by atoms with van der Waals surface area (Å²) in [5.74, 6) is 0.811. The third-order valence-corrected chi connectivity index (χ3v) is 5.14. The summed E-state index contributed by atoms with van der Waals surface area (Å²) in [5.41, 5.74) is 4.77. The van der Waals surface area contributed by atoms with Crippen LogP contribution in [0.1, 0.15) is 17.1 Å². The fraction of sp³-hybridized carbons (Fsp3) is 0.105. The summed E-state index contributed by atoms with van der Waals surface area (Å²) < 4.78 is 6.15. The van der Waals surface area contributed by atoms with Crippen molar-refractivity contribution in [2.45, 2.75) is 13.3 Å². The molecule has 1 aromatic carbocycles. The highest BCUT2D eigenvalue weighted by molar-refractivity contribution is 7.09. The predicted octanol–water partition coefficient (Wildman–Crippen LogP) is 3.70. The van der Waals surface area contributed by atoms with Crippen LogP contribution in [-0.2, 0) is 6.42 Å². The zero-order valence-electron chi connectivity index (χ0n) is 14.0.